The smallest absolute Gasteiger partial charge is 0.312 e. The lowest BCUT2D eigenvalue weighted by Gasteiger charge is -2.20. The van der Waals surface area contributed by atoms with Gasteiger partial charge in [0.1, 0.15) is 0 Å². The van der Waals surface area contributed by atoms with Crippen LogP contribution in [-0.4, -0.2) is 39.3 Å². The van der Waals surface area contributed by atoms with Crippen molar-refractivity contribution in [1.82, 2.24) is 4.67 Å². The van der Waals surface area contributed by atoms with Gasteiger partial charge in [-0.3, -0.25) is 0 Å². The molecule has 4 nitrogen and oxygen atoms in total. The van der Waals surface area contributed by atoms with E-state index in [2.05, 4.69) is 0 Å². The molecule has 0 atom stereocenters. The molecular formula is C4H10Cl2NO3P. The van der Waals surface area contributed by atoms with Crippen LogP contribution in [0.15, 0.2) is 0 Å². The maximum absolute atomic E-state index is 10.6. The topological polar surface area (TPSA) is 60.8 Å². The molecular weight excluding hydrogens is 212 g/mol. The van der Waals surface area contributed by atoms with E-state index in [1.165, 1.54) is 0 Å². The van der Waals surface area contributed by atoms with Crippen LogP contribution in [0.2, 0.25) is 0 Å². The molecule has 0 aromatic carbocycles. The maximum atomic E-state index is 10.6. The highest BCUT2D eigenvalue weighted by molar-refractivity contribution is 7.49. The minimum atomic E-state index is -4.14. The summed E-state index contributed by atoms with van der Waals surface area (Å²) in [7, 11) is -4.14. The molecule has 0 aliphatic rings. The summed E-state index contributed by atoms with van der Waals surface area (Å²) < 4.78 is 11.6. The zero-order valence-electron chi connectivity index (χ0n) is 5.78. The van der Waals surface area contributed by atoms with E-state index in [1.54, 1.807) is 0 Å². The molecule has 0 heterocycles. The first-order chi connectivity index (χ1) is 5.02. The molecule has 0 rings (SSSR count). The second kappa shape index (κ2) is 5.36. The largest absolute Gasteiger partial charge is 0.403 e. The van der Waals surface area contributed by atoms with E-state index in [1.807, 2.05) is 0 Å². The van der Waals surface area contributed by atoms with Gasteiger partial charge < -0.3 is 9.79 Å². The molecule has 0 aromatic rings. The van der Waals surface area contributed by atoms with Crippen LogP contribution in [0.4, 0.5) is 0 Å². The molecule has 0 radical (unpaired) electrons. The van der Waals surface area contributed by atoms with Crippen LogP contribution in [0.1, 0.15) is 0 Å². The third kappa shape index (κ3) is 5.01. The molecule has 68 valence electrons. The van der Waals surface area contributed by atoms with E-state index in [4.69, 9.17) is 33.0 Å². The zero-order chi connectivity index (χ0) is 8.91. The fourth-order valence-electron chi connectivity index (χ4n) is 0.567. The van der Waals surface area contributed by atoms with Crippen molar-refractivity contribution < 1.29 is 14.4 Å². The second-order valence-electron chi connectivity index (χ2n) is 1.84. The minimum Gasteiger partial charge on any atom is -0.312 e. The fourth-order valence-corrected chi connectivity index (χ4v) is 1.93. The van der Waals surface area contributed by atoms with Crippen molar-refractivity contribution >= 4 is 30.9 Å². The summed E-state index contributed by atoms with van der Waals surface area (Å²) in [6, 6.07) is 0. The van der Waals surface area contributed by atoms with Crippen LogP contribution < -0.4 is 0 Å². The number of hydrogen-bond donors (Lipinski definition) is 2. The Morgan fingerprint density at radius 2 is 1.55 bits per heavy atom. The van der Waals surface area contributed by atoms with Crippen molar-refractivity contribution in [3.05, 3.63) is 0 Å². The highest BCUT2D eigenvalue weighted by Crippen LogP contribution is 2.39. The zero-order valence-corrected chi connectivity index (χ0v) is 8.19. The van der Waals surface area contributed by atoms with Crippen LogP contribution in [0, 0.1) is 0 Å². The Bertz CT molecular complexity index is 144. The molecule has 7 heteroatoms. The van der Waals surface area contributed by atoms with E-state index in [0.29, 0.717) is 0 Å². The number of hydrogen-bond acceptors (Lipinski definition) is 1. The lowest BCUT2D eigenvalue weighted by molar-refractivity contribution is 0.282. The summed E-state index contributed by atoms with van der Waals surface area (Å²) in [5, 5.41) is 0. The average molecular weight is 222 g/mol. The van der Waals surface area contributed by atoms with Gasteiger partial charge in [-0.05, 0) is 0 Å². The Labute approximate surface area is 75.3 Å². The van der Waals surface area contributed by atoms with Crippen LogP contribution in [-0.2, 0) is 4.57 Å². The number of nitrogens with zero attached hydrogens (tertiary/aromatic N) is 1. The Morgan fingerprint density at radius 3 is 1.73 bits per heavy atom. The Hall–Kier alpha value is 0.690. The SMILES string of the molecule is O=P(O)(O)N(CCCl)CCCl. The quantitative estimate of drug-likeness (QED) is 0.534. The summed E-state index contributed by atoms with van der Waals surface area (Å²) in [6.07, 6.45) is 0. The predicted octanol–water partition coefficient (Wildman–Crippen LogP) is 0.859. The summed E-state index contributed by atoms with van der Waals surface area (Å²) in [4.78, 5) is 17.3. The minimum absolute atomic E-state index is 0.151. The molecule has 0 saturated heterocycles. The normalized spacial score (nSPS) is 12.5. The van der Waals surface area contributed by atoms with E-state index in [0.717, 1.165) is 4.67 Å². The Kier molecular flexibility index (Phi) is 5.69. The maximum Gasteiger partial charge on any atom is 0.403 e. The van der Waals surface area contributed by atoms with Crippen LogP contribution >= 0.6 is 30.9 Å². The summed E-state index contributed by atoms with van der Waals surface area (Å²) in [5.74, 6) is 0.365. The first-order valence-corrected chi connectivity index (χ1v) is 5.58. The van der Waals surface area contributed by atoms with Gasteiger partial charge in [0.2, 0.25) is 0 Å². The van der Waals surface area contributed by atoms with Crippen LogP contribution in [0.25, 0.3) is 0 Å². The standard InChI is InChI=1S/C4H10Cl2NO3P/c5-1-3-7(4-2-6)11(8,9)10/h1-4H2,(H2,8,9,10). The van der Waals surface area contributed by atoms with Crippen LogP contribution in [0.5, 0.6) is 0 Å². The van der Waals surface area contributed by atoms with E-state index >= 15 is 0 Å². The molecule has 0 amide bonds. The highest BCUT2D eigenvalue weighted by Gasteiger charge is 2.23. The van der Waals surface area contributed by atoms with Gasteiger partial charge in [-0.2, -0.15) is 0 Å². The van der Waals surface area contributed by atoms with Gasteiger partial charge in [-0.15, -0.1) is 23.2 Å². The summed E-state index contributed by atoms with van der Waals surface area (Å²) >= 11 is 10.6. The van der Waals surface area contributed by atoms with Gasteiger partial charge in [-0.1, -0.05) is 0 Å². The van der Waals surface area contributed by atoms with E-state index < -0.39 is 7.75 Å². The van der Waals surface area contributed by atoms with E-state index in [9.17, 15) is 4.57 Å². The molecule has 0 unspecified atom stereocenters. The van der Waals surface area contributed by atoms with E-state index in [-0.39, 0.29) is 24.8 Å². The molecule has 0 spiro atoms. The number of alkyl halides is 2. The molecule has 0 bridgehead atoms. The van der Waals surface area contributed by atoms with Gasteiger partial charge in [0, 0.05) is 24.8 Å². The predicted molar refractivity (Wildman–Crippen MR) is 45.1 cm³/mol. The molecule has 2 N–H and O–H groups in total. The van der Waals surface area contributed by atoms with Gasteiger partial charge in [-0.25, -0.2) is 9.24 Å². The first-order valence-electron chi connectivity index (χ1n) is 2.95. The monoisotopic (exact) mass is 221 g/mol. The molecule has 11 heavy (non-hydrogen) atoms. The number of rotatable bonds is 5. The third-order valence-corrected chi connectivity index (χ3v) is 2.53. The van der Waals surface area contributed by atoms with Crippen LogP contribution in [0.3, 0.4) is 0 Å². The van der Waals surface area contributed by atoms with Crippen molar-refractivity contribution in [2.24, 2.45) is 0 Å². The average Bonchev–Trinajstić information content (AvgIpc) is 1.85. The van der Waals surface area contributed by atoms with Crippen molar-refractivity contribution in [1.29, 1.82) is 0 Å². The highest BCUT2D eigenvalue weighted by atomic mass is 35.5. The van der Waals surface area contributed by atoms with Gasteiger partial charge in [0.15, 0.2) is 0 Å². The second-order valence-corrected chi connectivity index (χ2v) is 4.19. The van der Waals surface area contributed by atoms with Crippen molar-refractivity contribution in [3.63, 3.8) is 0 Å². The van der Waals surface area contributed by atoms with Gasteiger partial charge in [0.25, 0.3) is 0 Å². The Balaban J connectivity index is 3.99. The van der Waals surface area contributed by atoms with Gasteiger partial charge >= 0.3 is 7.75 Å². The molecule has 0 saturated carbocycles. The molecule has 0 aliphatic heterocycles. The number of halogens is 2. The fraction of sp³-hybridized carbons (Fsp3) is 1.00. The summed E-state index contributed by atoms with van der Waals surface area (Å²) in [6.45, 7) is 0.303. The van der Waals surface area contributed by atoms with Crippen molar-refractivity contribution in [2.75, 3.05) is 24.8 Å². The molecule has 0 aliphatic carbocycles. The van der Waals surface area contributed by atoms with Crippen molar-refractivity contribution in [2.45, 2.75) is 0 Å². The lowest BCUT2D eigenvalue weighted by atomic mass is 10.7. The summed E-state index contributed by atoms with van der Waals surface area (Å²) in [5.41, 5.74) is 0. The lowest BCUT2D eigenvalue weighted by Crippen LogP contribution is -2.24. The first kappa shape index (κ1) is 11.7. The Morgan fingerprint density at radius 1 is 1.18 bits per heavy atom. The third-order valence-electron chi connectivity index (χ3n) is 1.05. The molecule has 0 fully saturated rings. The van der Waals surface area contributed by atoms with Gasteiger partial charge in [0.05, 0.1) is 0 Å². The molecule has 0 aromatic heterocycles. The van der Waals surface area contributed by atoms with Crippen molar-refractivity contribution in [3.8, 4) is 0 Å².